The summed E-state index contributed by atoms with van der Waals surface area (Å²) in [6, 6.07) is 0.201. The first-order chi connectivity index (χ1) is 9.22. The Morgan fingerprint density at radius 2 is 2.37 bits per heavy atom. The number of nitrogens with one attached hydrogen (secondary N) is 1. The van der Waals surface area contributed by atoms with Crippen LogP contribution in [0.1, 0.15) is 48.2 Å². The molecular weight excluding hydrogens is 260 g/mol. The number of nitrogens with zero attached hydrogens (tertiary/aromatic N) is 3. The average molecular weight is 278 g/mol. The van der Waals surface area contributed by atoms with Crippen molar-refractivity contribution < 1.29 is 4.52 Å². The van der Waals surface area contributed by atoms with Crippen LogP contribution < -0.4 is 5.32 Å². The maximum Gasteiger partial charge on any atom is 0.244 e. The van der Waals surface area contributed by atoms with E-state index in [1.165, 1.54) is 12.8 Å². The van der Waals surface area contributed by atoms with Gasteiger partial charge in [-0.05, 0) is 32.2 Å². The Bertz CT molecular complexity index is 550. The molecule has 2 aromatic heterocycles. The van der Waals surface area contributed by atoms with Crippen molar-refractivity contribution in [2.24, 2.45) is 5.92 Å². The molecule has 3 heterocycles. The fraction of sp³-hybridized carbons (Fsp3) is 0.615. The molecule has 1 N–H and O–H groups in total. The van der Waals surface area contributed by atoms with Crippen LogP contribution in [0.15, 0.2) is 9.90 Å². The lowest BCUT2D eigenvalue weighted by Gasteiger charge is -2.26. The summed E-state index contributed by atoms with van der Waals surface area (Å²) < 4.78 is 5.41. The number of aromatic nitrogens is 3. The van der Waals surface area contributed by atoms with Crippen LogP contribution in [0, 0.1) is 12.8 Å². The van der Waals surface area contributed by atoms with Crippen LogP contribution in [0.5, 0.6) is 0 Å². The topological polar surface area (TPSA) is 63.8 Å². The number of hydrogen-bond donors (Lipinski definition) is 1. The Balaban J connectivity index is 1.72. The molecule has 3 rings (SSSR count). The average Bonchev–Trinajstić information content (AvgIpc) is 3.00. The van der Waals surface area contributed by atoms with Crippen LogP contribution in [0.4, 0.5) is 0 Å². The van der Waals surface area contributed by atoms with Crippen molar-refractivity contribution in [2.45, 2.75) is 39.2 Å². The molecule has 19 heavy (non-hydrogen) atoms. The largest absolute Gasteiger partial charge is 0.338 e. The number of aryl methyl sites for hydroxylation is 1. The van der Waals surface area contributed by atoms with E-state index in [2.05, 4.69) is 27.4 Å². The van der Waals surface area contributed by atoms with Gasteiger partial charge in [-0.1, -0.05) is 12.1 Å². The van der Waals surface area contributed by atoms with Crippen molar-refractivity contribution in [2.75, 3.05) is 6.54 Å². The minimum absolute atomic E-state index is 0.201. The molecule has 1 aliphatic rings. The minimum atomic E-state index is 0.201. The first-order valence-corrected chi connectivity index (χ1v) is 7.57. The van der Waals surface area contributed by atoms with E-state index in [0.717, 1.165) is 23.1 Å². The zero-order valence-corrected chi connectivity index (χ0v) is 12.0. The maximum absolute atomic E-state index is 5.41. The standard InChI is InChI=1S/C13H18N4OS/c1-8-4-3-5-14-12(8)13-16-11(17-18-13)6-10-7-19-9(2)15-10/h7-8,12,14H,3-6H2,1-2H3. The molecule has 0 spiro atoms. The fourth-order valence-electron chi connectivity index (χ4n) is 2.50. The van der Waals surface area contributed by atoms with Crippen LogP contribution in [0.3, 0.4) is 0 Å². The Labute approximate surface area is 116 Å². The number of piperidine rings is 1. The van der Waals surface area contributed by atoms with E-state index in [1.54, 1.807) is 11.3 Å². The van der Waals surface area contributed by atoms with Gasteiger partial charge in [-0.15, -0.1) is 11.3 Å². The van der Waals surface area contributed by atoms with Crippen molar-refractivity contribution in [3.63, 3.8) is 0 Å². The highest BCUT2D eigenvalue weighted by Crippen LogP contribution is 2.27. The van der Waals surface area contributed by atoms with E-state index in [0.29, 0.717) is 18.2 Å². The van der Waals surface area contributed by atoms with Gasteiger partial charge in [-0.3, -0.25) is 0 Å². The summed E-state index contributed by atoms with van der Waals surface area (Å²) in [6.45, 7) is 5.26. The molecule has 5 nitrogen and oxygen atoms in total. The Morgan fingerprint density at radius 1 is 1.47 bits per heavy atom. The summed E-state index contributed by atoms with van der Waals surface area (Å²) >= 11 is 1.65. The third kappa shape index (κ3) is 2.84. The Kier molecular flexibility index (Phi) is 3.61. The third-order valence-corrected chi connectivity index (χ3v) is 4.35. The van der Waals surface area contributed by atoms with E-state index in [-0.39, 0.29) is 6.04 Å². The van der Waals surface area contributed by atoms with Gasteiger partial charge in [0.1, 0.15) is 0 Å². The molecule has 1 aliphatic heterocycles. The van der Waals surface area contributed by atoms with Gasteiger partial charge in [0.25, 0.3) is 0 Å². The van der Waals surface area contributed by atoms with Crippen LogP contribution in [0.25, 0.3) is 0 Å². The van der Waals surface area contributed by atoms with Crippen LogP contribution in [0.2, 0.25) is 0 Å². The SMILES string of the molecule is Cc1nc(Cc2noc(C3NCCCC3C)n2)cs1. The minimum Gasteiger partial charge on any atom is -0.338 e. The first-order valence-electron chi connectivity index (χ1n) is 6.69. The lowest BCUT2D eigenvalue weighted by Crippen LogP contribution is -2.33. The summed E-state index contributed by atoms with van der Waals surface area (Å²) in [6.07, 6.45) is 3.08. The van der Waals surface area contributed by atoms with Crippen LogP contribution >= 0.6 is 11.3 Å². The highest BCUT2D eigenvalue weighted by Gasteiger charge is 2.27. The summed E-state index contributed by atoms with van der Waals surface area (Å²) in [5.41, 5.74) is 1.01. The van der Waals surface area contributed by atoms with E-state index in [1.807, 2.05) is 12.3 Å². The van der Waals surface area contributed by atoms with Crippen molar-refractivity contribution in [1.82, 2.24) is 20.4 Å². The molecule has 2 atom stereocenters. The summed E-state index contributed by atoms with van der Waals surface area (Å²) in [7, 11) is 0. The molecule has 1 fully saturated rings. The molecule has 0 radical (unpaired) electrons. The quantitative estimate of drug-likeness (QED) is 0.934. The maximum atomic E-state index is 5.41. The summed E-state index contributed by atoms with van der Waals surface area (Å²) in [4.78, 5) is 8.94. The smallest absolute Gasteiger partial charge is 0.244 e. The van der Waals surface area contributed by atoms with Gasteiger partial charge in [0, 0.05) is 5.38 Å². The van der Waals surface area contributed by atoms with Gasteiger partial charge in [0.05, 0.1) is 23.2 Å². The Morgan fingerprint density at radius 3 is 3.11 bits per heavy atom. The van der Waals surface area contributed by atoms with Gasteiger partial charge >= 0.3 is 0 Å². The molecule has 0 amide bonds. The molecule has 0 bridgehead atoms. The molecule has 2 aromatic rings. The van der Waals surface area contributed by atoms with Gasteiger partial charge in [0.2, 0.25) is 5.89 Å². The second kappa shape index (κ2) is 5.38. The van der Waals surface area contributed by atoms with Crippen LogP contribution in [-0.4, -0.2) is 21.7 Å². The second-order valence-electron chi connectivity index (χ2n) is 5.13. The molecule has 102 valence electrons. The first kappa shape index (κ1) is 12.7. The normalized spacial score (nSPS) is 23.7. The van der Waals surface area contributed by atoms with E-state index >= 15 is 0 Å². The number of thiazole rings is 1. The van der Waals surface area contributed by atoms with Gasteiger partial charge in [0.15, 0.2) is 5.82 Å². The zero-order valence-electron chi connectivity index (χ0n) is 11.2. The third-order valence-electron chi connectivity index (χ3n) is 3.53. The monoisotopic (exact) mass is 278 g/mol. The molecule has 0 aliphatic carbocycles. The Hall–Kier alpha value is -1.27. The van der Waals surface area contributed by atoms with Gasteiger partial charge < -0.3 is 9.84 Å². The molecular formula is C13H18N4OS. The van der Waals surface area contributed by atoms with Crippen molar-refractivity contribution >= 4 is 11.3 Å². The number of rotatable bonds is 3. The van der Waals surface area contributed by atoms with Gasteiger partial charge in [-0.2, -0.15) is 4.98 Å². The lowest BCUT2D eigenvalue weighted by atomic mass is 9.93. The predicted octanol–water partition coefficient (Wildman–Crippen LogP) is 2.49. The highest BCUT2D eigenvalue weighted by atomic mass is 32.1. The van der Waals surface area contributed by atoms with Crippen molar-refractivity contribution in [3.8, 4) is 0 Å². The van der Waals surface area contributed by atoms with Crippen LogP contribution in [-0.2, 0) is 6.42 Å². The van der Waals surface area contributed by atoms with Crippen molar-refractivity contribution in [1.29, 1.82) is 0 Å². The predicted molar refractivity (Wildman–Crippen MR) is 73.1 cm³/mol. The molecule has 2 unspecified atom stereocenters. The van der Waals surface area contributed by atoms with Gasteiger partial charge in [-0.25, -0.2) is 4.98 Å². The number of hydrogen-bond acceptors (Lipinski definition) is 6. The molecule has 6 heteroatoms. The molecule has 0 aromatic carbocycles. The van der Waals surface area contributed by atoms with E-state index in [9.17, 15) is 0 Å². The lowest BCUT2D eigenvalue weighted by molar-refractivity contribution is 0.239. The second-order valence-corrected chi connectivity index (χ2v) is 6.20. The highest BCUT2D eigenvalue weighted by molar-refractivity contribution is 7.09. The molecule has 0 saturated carbocycles. The summed E-state index contributed by atoms with van der Waals surface area (Å²) in [5, 5.41) is 10.6. The zero-order chi connectivity index (χ0) is 13.2. The van der Waals surface area contributed by atoms with E-state index < -0.39 is 0 Å². The summed E-state index contributed by atoms with van der Waals surface area (Å²) in [5.74, 6) is 1.98. The van der Waals surface area contributed by atoms with Crippen molar-refractivity contribution in [3.05, 3.63) is 27.8 Å². The fourth-order valence-corrected chi connectivity index (χ4v) is 3.11. The van der Waals surface area contributed by atoms with E-state index in [4.69, 9.17) is 4.52 Å². The molecule has 1 saturated heterocycles.